The summed E-state index contributed by atoms with van der Waals surface area (Å²) in [6, 6.07) is 6.50. The third-order valence-corrected chi connectivity index (χ3v) is 4.68. The maximum atomic E-state index is 13.3. The van der Waals surface area contributed by atoms with Crippen LogP contribution in [0.3, 0.4) is 0 Å². The van der Waals surface area contributed by atoms with Crippen LogP contribution in [0.4, 0.5) is 13.2 Å². The van der Waals surface area contributed by atoms with Crippen molar-refractivity contribution in [3.63, 3.8) is 0 Å². The Hall–Kier alpha value is -3.01. The van der Waals surface area contributed by atoms with E-state index in [9.17, 15) is 18.0 Å². The molecule has 1 unspecified atom stereocenters. The van der Waals surface area contributed by atoms with Gasteiger partial charge in [0, 0.05) is 24.2 Å². The first-order valence-electron chi connectivity index (χ1n) is 8.91. The van der Waals surface area contributed by atoms with Gasteiger partial charge in [0.05, 0.1) is 22.4 Å². The fourth-order valence-corrected chi connectivity index (χ4v) is 3.30. The van der Waals surface area contributed by atoms with Crippen molar-refractivity contribution in [1.82, 2.24) is 25.3 Å². The van der Waals surface area contributed by atoms with E-state index in [1.54, 1.807) is 26.0 Å². The maximum absolute atomic E-state index is 13.3. The number of nitrogens with zero attached hydrogens (tertiary/aromatic N) is 3. The average molecular weight is 442 g/mol. The minimum atomic E-state index is -4.67. The van der Waals surface area contributed by atoms with E-state index in [-0.39, 0.29) is 29.1 Å². The van der Waals surface area contributed by atoms with Gasteiger partial charge in [-0.3, -0.25) is 9.89 Å². The summed E-state index contributed by atoms with van der Waals surface area (Å²) in [6.45, 7) is 4.73. The molecule has 2 N–H and O–H groups in total. The summed E-state index contributed by atoms with van der Waals surface area (Å²) in [6.07, 6.45) is -4.67. The zero-order valence-electron chi connectivity index (χ0n) is 16.3. The summed E-state index contributed by atoms with van der Waals surface area (Å²) in [5.74, 6) is -0.483. The Labute approximate surface area is 175 Å². The Morgan fingerprint density at radius 1 is 1.33 bits per heavy atom. The minimum absolute atomic E-state index is 0.145. The number of rotatable bonds is 6. The van der Waals surface area contributed by atoms with Crippen LogP contribution in [0.15, 0.2) is 30.3 Å². The van der Waals surface area contributed by atoms with Crippen LogP contribution in [-0.2, 0) is 11.0 Å². The monoisotopic (exact) mass is 441 g/mol. The number of H-pyrrole nitrogens is 1. The van der Waals surface area contributed by atoms with Gasteiger partial charge in [0.1, 0.15) is 6.61 Å². The molecule has 0 aliphatic carbocycles. The van der Waals surface area contributed by atoms with Crippen molar-refractivity contribution in [2.24, 2.45) is 0 Å². The topological polar surface area (TPSA) is 84.8 Å². The highest BCUT2D eigenvalue weighted by Gasteiger charge is 2.36. The normalized spacial score (nSPS) is 12.6. The fraction of sp³-hybridized carbons (Fsp3) is 0.316. The van der Waals surface area contributed by atoms with Gasteiger partial charge in [-0.1, -0.05) is 23.7 Å². The molecule has 1 amide bonds. The van der Waals surface area contributed by atoms with E-state index in [0.717, 1.165) is 10.7 Å². The first kappa shape index (κ1) is 21.7. The highest BCUT2D eigenvalue weighted by Crippen LogP contribution is 2.34. The molecule has 0 aliphatic rings. The van der Waals surface area contributed by atoms with E-state index in [4.69, 9.17) is 16.3 Å². The standard InChI is InChI=1S/C19H19ClF3N5O2/c1-10-18(11(2)26-25-10)14(24-12(3)29)9-30-17-8-16(19(21,22)23)27-28(17)15-7-5-4-6-13(15)20/h4-8,14H,9H2,1-3H3,(H,24,29)(H,25,26). The first-order valence-corrected chi connectivity index (χ1v) is 9.29. The number of carbonyl (C=O) groups is 1. The van der Waals surface area contributed by atoms with E-state index in [0.29, 0.717) is 17.0 Å². The number of benzene rings is 1. The molecule has 30 heavy (non-hydrogen) atoms. The number of nitrogens with one attached hydrogen (secondary N) is 2. The summed E-state index contributed by atoms with van der Waals surface area (Å²) >= 11 is 6.14. The van der Waals surface area contributed by atoms with Crippen LogP contribution in [0.2, 0.25) is 5.02 Å². The molecule has 3 aromatic rings. The highest BCUT2D eigenvalue weighted by molar-refractivity contribution is 6.32. The largest absolute Gasteiger partial charge is 0.475 e. The number of ether oxygens (including phenoxy) is 1. The predicted octanol–water partition coefficient (Wildman–Crippen LogP) is 4.14. The van der Waals surface area contributed by atoms with E-state index in [1.807, 2.05) is 0 Å². The molecule has 2 aromatic heterocycles. The molecule has 0 fully saturated rings. The molecule has 11 heteroatoms. The number of carbonyl (C=O) groups excluding carboxylic acids is 1. The lowest BCUT2D eigenvalue weighted by Gasteiger charge is -2.19. The Morgan fingerprint density at radius 2 is 2.03 bits per heavy atom. The van der Waals surface area contributed by atoms with Gasteiger partial charge in [-0.15, -0.1) is 0 Å². The summed E-state index contributed by atoms with van der Waals surface area (Å²) < 4.78 is 46.5. The van der Waals surface area contributed by atoms with Gasteiger partial charge >= 0.3 is 6.18 Å². The van der Waals surface area contributed by atoms with E-state index in [2.05, 4.69) is 20.6 Å². The summed E-state index contributed by atoms with van der Waals surface area (Å²) in [7, 11) is 0. The smallest absolute Gasteiger partial charge is 0.435 e. The predicted molar refractivity (Wildman–Crippen MR) is 104 cm³/mol. The van der Waals surface area contributed by atoms with Gasteiger partial charge < -0.3 is 10.1 Å². The molecule has 2 heterocycles. The van der Waals surface area contributed by atoms with Gasteiger partial charge in [0.15, 0.2) is 5.69 Å². The second-order valence-corrected chi connectivity index (χ2v) is 7.05. The van der Waals surface area contributed by atoms with Crippen LogP contribution >= 0.6 is 11.6 Å². The zero-order chi connectivity index (χ0) is 22.1. The van der Waals surface area contributed by atoms with E-state index >= 15 is 0 Å². The molecule has 0 radical (unpaired) electrons. The van der Waals surface area contributed by atoms with Gasteiger partial charge in [0.25, 0.3) is 0 Å². The van der Waals surface area contributed by atoms with Gasteiger partial charge in [0.2, 0.25) is 11.8 Å². The van der Waals surface area contributed by atoms with Gasteiger partial charge in [-0.05, 0) is 26.0 Å². The molecule has 0 spiro atoms. The van der Waals surface area contributed by atoms with Crippen molar-refractivity contribution in [2.45, 2.75) is 33.0 Å². The molecule has 160 valence electrons. The van der Waals surface area contributed by atoms with Crippen LogP contribution in [0.1, 0.15) is 35.6 Å². The number of halogens is 4. The Bertz CT molecular complexity index is 1040. The van der Waals surface area contributed by atoms with Crippen LogP contribution < -0.4 is 10.1 Å². The van der Waals surface area contributed by atoms with Crippen LogP contribution in [0.5, 0.6) is 5.88 Å². The van der Waals surface area contributed by atoms with Gasteiger partial charge in [-0.2, -0.15) is 28.1 Å². The number of aromatic nitrogens is 4. The van der Waals surface area contributed by atoms with E-state index < -0.39 is 17.9 Å². The van der Waals surface area contributed by atoms with Gasteiger partial charge in [-0.25, -0.2) is 0 Å². The molecule has 1 aromatic carbocycles. The summed E-state index contributed by atoms with van der Waals surface area (Å²) in [4.78, 5) is 11.7. The summed E-state index contributed by atoms with van der Waals surface area (Å²) in [5.41, 5.74) is 1.17. The molecule has 0 saturated heterocycles. The molecule has 0 saturated carbocycles. The maximum Gasteiger partial charge on any atom is 0.435 e. The molecular weight excluding hydrogens is 423 g/mol. The third-order valence-electron chi connectivity index (χ3n) is 4.36. The average Bonchev–Trinajstić information content (AvgIpc) is 3.22. The number of hydrogen-bond donors (Lipinski definition) is 2. The Kier molecular flexibility index (Phi) is 6.06. The highest BCUT2D eigenvalue weighted by atomic mass is 35.5. The van der Waals surface area contributed by atoms with Crippen molar-refractivity contribution in [3.05, 3.63) is 58.0 Å². The number of aryl methyl sites for hydroxylation is 2. The SMILES string of the molecule is CC(=O)NC(COc1cc(C(F)(F)F)nn1-c1ccccc1Cl)c1c(C)n[nH]c1C. The lowest BCUT2D eigenvalue weighted by atomic mass is 10.1. The second-order valence-electron chi connectivity index (χ2n) is 6.64. The lowest BCUT2D eigenvalue weighted by molar-refractivity contribution is -0.141. The molecule has 3 rings (SSSR count). The van der Waals surface area contributed by atoms with Crippen molar-refractivity contribution >= 4 is 17.5 Å². The summed E-state index contributed by atoms with van der Waals surface area (Å²) in [5, 5.41) is 13.5. The second kappa shape index (κ2) is 8.39. The van der Waals surface area contributed by atoms with Crippen LogP contribution in [-0.4, -0.2) is 32.5 Å². The quantitative estimate of drug-likeness (QED) is 0.602. The molecule has 7 nitrogen and oxygen atoms in total. The third kappa shape index (κ3) is 4.59. The van der Waals surface area contributed by atoms with Crippen molar-refractivity contribution in [3.8, 4) is 11.6 Å². The zero-order valence-corrected chi connectivity index (χ0v) is 17.1. The van der Waals surface area contributed by atoms with Crippen molar-refractivity contribution in [1.29, 1.82) is 0 Å². The number of aromatic amines is 1. The molecule has 0 aliphatic heterocycles. The minimum Gasteiger partial charge on any atom is -0.475 e. The number of alkyl halides is 3. The van der Waals surface area contributed by atoms with Crippen LogP contribution in [0, 0.1) is 13.8 Å². The molecule has 0 bridgehead atoms. The van der Waals surface area contributed by atoms with Crippen molar-refractivity contribution < 1.29 is 22.7 Å². The number of amides is 1. The van der Waals surface area contributed by atoms with Crippen LogP contribution in [0.25, 0.3) is 5.69 Å². The van der Waals surface area contributed by atoms with E-state index in [1.165, 1.54) is 19.1 Å². The number of para-hydroxylation sites is 1. The van der Waals surface area contributed by atoms with Crippen molar-refractivity contribution in [2.75, 3.05) is 6.61 Å². The lowest BCUT2D eigenvalue weighted by Crippen LogP contribution is -2.31. The fourth-order valence-electron chi connectivity index (χ4n) is 3.09. The first-order chi connectivity index (χ1) is 14.1. The Balaban J connectivity index is 1.97. The molecular formula is C19H19ClF3N5O2. The molecule has 1 atom stereocenters. The Morgan fingerprint density at radius 3 is 2.60 bits per heavy atom. The number of hydrogen-bond acceptors (Lipinski definition) is 4.